The van der Waals surface area contributed by atoms with Gasteiger partial charge in [0.2, 0.25) is 5.91 Å². The Morgan fingerprint density at radius 2 is 1.96 bits per heavy atom. The molecule has 0 fully saturated rings. The Morgan fingerprint density at radius 3 is 2.68 bits per heavy atom. The number of hydrogen-bond acceptors (Lipinski definition) is 4. The van der Waals surface area contributed by atoms with E-state index in [1.54, 1.807) is 12.1 Å². The van der Waals surface area contributed by atoms with Crippen molar-refractivity contribution < 1.29 is 27.8 Å². The minimum atomic E-state index is -2.93. The molecular formula is C21H25F2NO4. The SMILES string of the molecule is COc1ccc(CCNC(=O)CCCOc2cccc(C)c2)cc1OC(F)F. The maximum Gasteiger partial charge on any atom is 0.387 e. The molecule has 2 aromatic carbocycles. The van der Waals surface area contributed by atoms with Crippen LogP contribution < -0.4 is 19.5 Å². The number of amides is 1. The van der Waals surface area contributed by atoms with Crippen LogP contribution in [0.15, 0.2) is 42.5 Å². The molecule has 0 atom stereocenters. The molecule has 0 spiro atoms. The van der Waals surface area contributed by atoms with E-state index in [0.717, 1.165) is 16.9 Å². The summed E-state index contributed by atoms with van der Waals surface area (Å²) in [4.78, 5) is 11.9. The van der Waals surface area contributed by atoms with Crippen molar-refractivity contribution in [1.29, 1.82) is 0 Å². The molecule has 0 aliphatic heterocycles. The Morgan fingerprint density at radius 1 is 1.14 bits per heavy atom. The molecule has 5 nitrogen and oxygen atoms in total. The lowest BCUT2D eigenvalue weighted by Crippen LogP contribution is -2.25. The monoisotopic (exact) mass is 393 g/mol. The smallest absolute Gasteiger partial charge is 0.387 e. The van der Waals surface area contributed by atoms with Gasteiger partial charge in [-0.3, -0.25) is 4.79 Å². The summed E-state index contributed by atoms with van der Waals surface area (Å²) in [5, 5.41) is 2.81. The van der Waals surface area contributed by atoms with Crippen LogP contribution in [0.25, 0.3) is 0 Å². The van der Waals surface area contributed by atoms with Crippen LogP contribution >= 0.6 is 0 Å². The number of rotatable bonds is 11. The zero-order chi connectivity index (χ0) is 20.4. The number of nitrogens with one attached hydrogen (secondary N) is 1. The van der Waals surface area contributed by atoms with Gasteiger partial charge in [-0.1, -0.05) is 18.2 Å². The zero-order valence-electron chi connectivity index (χ0n) is 16.0. The standard InChI is InChI=1S/C21H25F2NO4/c1-15-5-3-6-17(13-15)27-12-4-7-20(25)24-11-10-16-8-9-18(26-2)19(14-16)28-21(22)23/h3,5-6,8-9,13-14,21H,4,7,10-12H2,1-2H3,(H,24,25). The molecular weight excluding hydrogens is 368 g/mol. The van der Waals surface area contributed by atoms with Gasteiger partial charge >= 0.3 is 6.61 Å². The van der Waals surface area contributed by atoms with Crippen LogP contribution in [-0.4, -0.2) is 32.8 Å². The summed E-state index contributed by atoms with van der Waals surface area (Å²) in [5.41, 5.74) is 1.88. The predicted molar refractivity (Wildman–Crippen MR) is 102 cm³/mol. The van der Waals surface area contributed by atoms with Crippen LogP contribution in [0.5, 0.6) is 17.2 Å². The van der Waals surface area contributed by atoms with Gasteiger partial charge in [-0.15, -0.1) is 0 Å². The van der Waals surface area contributed by atoms with Crippen LogP contribution in [-0.2, 0) is 11.2 Å². The second kappa shape index (κ2) is 11.1. The van der Waals surface area contributed by atoms with Crippen molar-refractivity contribution in [3.8, 4) is 17.2 Å². The average Bonchev–Trinajstić information content (AvgIpc) is 2.65. The lowest BCUT2D eigenvalue weighted by molar-refractivity contribution is -0.121. The molecule has 2 rings (SSSR count). The molecule has 0 heterocycles. The molecule has 0 saturated heterocycles. The number of carbonyl (C=O) groups excluding carboxylic acids is 1. The van der Waals surface area contributed by atoms with Gasteiger partial charge in [-0.25, -0.2) is 0 Å². The molecule has 0 saturated carbocycles. The largest absolute Gasteiger partial charge is 0.494 e. The van der Waals surface area contributed by atoms with Gasteiger partial charge in [0.05, 0.1) is 13.7 Å². The Hall–Kier alpha value is -2.83. The number of aryl methyl sites for hydroxylation is 1. The van der Waals surface area contributed by atoms with Crippen LogP contribution in [0, 0.1) is 6.92 Å². The minimum Gasteiger partial charge on any atom is -0.494 e. The van der Waals surface area contributed by atoms with E-state index in [-0.39, 0.29) is 17.4 Å². The second-order valence-electron chi connectivity index (χ2n) is 6.23. The van der Waals surface area contributed by atoms with Crippen molar-refractivity contribution in [1.82, 2.24) is 5.32 Å². The molecule has 0 aromatic heterocycles. The van der Waals surface area contributed by atoms with Gasteiger partial charge in [-0.05, 0) is 55.2 Å². The lowest BCUT2D eigenvalue weighted by atomic mass is 10.1. The third kappa shape index (κ3) is 7.42. The molecule has 0 aliphatic carbocycles. The third-order valence-corrected chi connectivity index (χ3v) is 3.99. The van der Waals surface area contributed by atoms with Gasteiger partial charge in [0, 0.05) is 13.0 Å². The van der Waals surface area contributed by atoms with E-state index in [2.05, 4.69) is 10.1 Å². The summed E-state index contributed by atoms with van der Waals surface area (Å²) in [6.07, 6.45) is 1.46. The number of alkyl halides is 2. The number of hydrogen-bond donors (Lipinski definition) is 1. The van der Waals surface area contributed by atoms with Crippen molar-refractivity contribution in [2.75, 3.05) is 20.3 Å². The van der Waals surface area contributed by atoms with Crippen LogP contribution in [0.1, 0.15) is 24.0 Å². The highest BCUT2D eigenvalue weighted by Gasteiger charge is 2.11. The molecule has 0 unspecified atom stereocenters. The summed E-state index contributed by atoms with van der Waals surface area (Å²) in [5.74, 6) is 0.934. The second-order valence-corrected chi connectivity index (χ2v) is 6.23. The molecule has 1 amide bonds. The number of methoxy groups -OCH3 is 1. The van der Waals surface area contributed by atoms with Gasteiger partial charge < -0.3 is 19.5 Å². The van der Waals surface area contributed by atoms with Gasteiger partial charge in [-0.2, -0.15) is 8.78 Å². The van der Waals surface area contributed by atoms with Crippen molar-refractivity contribution in [2.24, 2.45) is 0 Å². The summed E-state index contributed by atoms with van der Waals surface area (Å²) in [7, 11) is 1.39. The predicted octanol–water partition coefficient (Wildman–Crippen LogP) is 4.12. The van der Waals surface area contributed by atoms with Crippen molar-refractivity contribution in [2.45, 2.75) is 32.8 Å². The molecule has 0 aliphatic rings. The van der Waals surface area contributed by atoms with Crippen molar-refractivity contribution in [3.63, 3.8) is 0 Å². The topological polar surface area (TPSA) is 56.8 Å². The number of carbonyl (C=O) groups is 1. The molecule has 2 aromatic rings. The molecule has 28 heavy (non-hydrogen) atoms. The fourth-order valence-corrected chi connectivity index (χ4v) is 2.63. The van der Waals surface area contributed by atoms with E-state index in [4.69, 9.17) is 9.47 Å². The lowest BCUT2D eigenvalue weighted by Gasteiger charge is -2.12. The number of halogens is 2. The van der Waals surface area contributed by atoms with Crippen LogP contribution in [0.2, 0.25) is 0 Å². The number of ether oxygens (including phenoxy) is 3. The Kier molecular flexibility index (Phi) is 8.52. The Balaban J connectivity index is 1.69. The maximum atomic E-state index is 12.5. The molecule has 0 radical (unpaired) electrons. The molecule has 0 bridgehead atoms. The van der Waals surface area contributed by atoms with Gasteiger partial charge in [0.15, 0.2) is 11.5 Å². The Labute approximate surface area is 163 Å². The van der Waals surface area contributed by atoms with Crippen molar-refractivity contribution >= 4 is 5.91 Å². The van der Waals surface area contributed by atoms with E-state index in [0.29, 0.717) is 32.4 Å². The first-order valence-electron chi connectivity index (χ1n) is 9.06. The summed E-state index contributed by atoms with van der Waals surface area (Å²) < 4.78 is 40.0. The highest BCUT2D eigenvalue weighted by Crippen LogP contribution is 2.29. The van der Waals surface area contributed by atoms with E-state index in [9.17, 15) is 13.6 Å². The average molecular weight is 393 g/mol. The first-order valence-corrected chi connectivity index (χ1v) is 9.06. The van der Waals surface area contributed by atoms with Gasteiger partial charge in [0.25, 0.3) is 0 Å². The van der Waals surface area contributed by atoms with Crippen LogP contribution in [0.4, 0.5) is 8.78 Å². The number of benzene rings is 2. The summed E-state index contributed by atoms with van der Waals surface area (Å²) in [6, 6.07) is 12.6. The molecule has 1 N–H and O–H groups in total. The molecule has 152 valence electrons. The Bertz CT molecular complexity index is 768. The highest BCUT2D eigenvalue weighted by atomic mass is 19.3. The molecule has 7 heteroatoms. The fourth-order valence-electron chi connectivity index (χ4n) is 2.63. The third-order valence-electron chi connectivity index (χ3n) is 3.99. The summed E-state index contributed by atoms with van der Waals surface area (Å²) in [6.45, 7) is -0.0706. The van der Waals surface area contributed by atoms with E-state index in [1.165, 1.54) is 13.2 Å². The first-order chi connectivity index (χ1) is 13.5. The fraction of sp³-hybridized carbons (Fsp3) is 0.381. The maximum absolute atomic E-state index is 12.5. The van der Waals surface area contributed by atoms with Gasteiger partial charge in [0.1, 0.15) is 5.75 Å². The van der Waals surface area contributed by atoms with E-state index >= 15 is 0 Å². The normalized spacial score (nSPS) is 10.6. The zero-order valence-corrected chi connectivity index (χ0v) is 16.0. The quantitative estimate of drug-likeness (QED) is 0.584. The highest BCUT2D eigenvalue weighted by molar-refractivity contribution is 5.75. The van der Waals surface area contributed by atoms with Crippen molar-refractivity contribution in [3.05, 3.63) is 53.6 Å². The van der Waals surface area contributed by atoms with Crippen LogP contribution in [0.3, 0.4) is 0 Å². The summed E-state index contributed by atoms with van der Waals surface area (Å²) >= 11 is 0. The first kappa shape index (κ1) is 21.5. The van der Waals surface area contributed by atoms with E-state index < -0.39 is 6.61 Å². The van der Waals surface area contributed by atoms with E-state index in [1.807, 2.05) is 31.2 Å². The minimum absolute atomic E-state index is 0.0189.